The lowest BCUT2D eigenvalue weighted by Crippen LogP contribution is -2.39. The third-order valence-electron chi connectivity index (χ3n) is 3.26. The van der Waals surface area contributed by atoms with E-state index in [0.29, 0.717) is 12.0 Å². The van der Waals surface area contributed by atoms with Gasteiger partial charge in [0.25, 0.3) is 0 Å². The van der Waals surface area contributed by atoms with Gasteiger partial charge < -0.3 is 10.4 Å². The summed E-state index contributed by atoms with van der Waals surface area (Å²) in [7, 11) is 0. The molecule has 2 N–H and O–H groups in total. The lowest BCUT2D eigenvalue weighted by Gasteiger charge is -2.27. The number of hydrogen-bond acceptors (Lipinski definition) is 2. The maximum atomic E-state index is 9.73. The Balaban J connectivity index is 2.38. The highest BCUT2D eigenvalue weighted by atomic mass is 16.3. The summed E-state index contributed by atoms with van der Waals surface area (Å²) in [6.45, 7) is 5.35. The number of nitrogens with one attached hydrogen (secondary N) is 1. The average molecular weight is 185 g/mol. The van der Waals surface area contributed by atoms with Gasteiger partial charge in [0.05, 0.1) is 6.10 Å². The van der Waals surface area contributed by atoms with Gasteiger partial charge >= 0.3 is 0 Å². The molecule has 2 heteroatoms. The van der Waals surface area contributed by atoms with Gasteiger partial charge in [0.2, 0.25) is 0 Å². The average Bonchev–Trinajstić information content (AvgIpc) is 2.43. The molecule has 1 fully saturated rings. The Hall–Kier alpha value is -0.0800. The van der Waals surface area contributed by atoms with Crippen LogP contribution in [0.25, 0.3) is 0 Å². The lowest BCUT2D eigenvalue weighted by molar-refractivity contribution is 0.0891. The zero-order chi connectivity index (χ0) is 9.68. The molecule has 1 aliphatic heterocycles. The smallest absolute Gasteiger partial charge is 0.0578 e. The summed E-state index contributed by atoms with van der Waals surface area (Å²) in [5.74, 6) is 0.406. The molecule has 0 aliphatic carbocycles. The van der Waals surface area contributed by atoms with E-state index >= 15 is 0 Å². The van der Waals surface area contributed by atoms with E-state index in [1.54, 1.807) is 0 Å². The fraction of sp³-hybridized carbons (Fsp3) is 1.00. The molecule has 78 valence electrons. The first-order valence-electron chi connectivity index (χ1n) is 5.67. The van der Waals surface area contributed by atoms with E-state index in [-0.39, 0.29) is 6.10 Å². The van der Waals surface area contributed by atoms with Crippen LogP contribution in [0, 0.1) is 5.92 Å². The van der Waals surface area contributed by atoms with Gasteiger partial charge in [-0.1, -0.05) is 26.7 Å². The van der Waals surface area contributed by atoms with Crippen LogP contribution in [0.1, 0.15) is 46.0 Å². The Morgan fingerprint density at radius 2 is 2.15 bits per heavy atom. The molecule has 1 heterocycles. The Morgan fingerprint density at radius 3 is 2.85 bits per heavy atom. The molecular formula is C11H23NO. The van der Waals surface area contributed by atoms with Crippen molar-refractivity contribution < 1.29 is 5.11 Å². The highest BCUT2D eigenvalue weighted by Gasteiger charge is 2.23. The number of hydrogen-bond donors (Lipinski definition) is 2. The maximum absolute atomic E-state index is 9.73. The van der Waals surface area contributed by atoms with Crippen LogP contribution in [-0.2, 0) is 0 Å². The molecule has 1 saturated heterocycles. The molecule has 1 rings (SSSR count). The molecule has 0 radical (unpaired) electrons. The summed E-state index contributed by atoms with van der Waals surface area (Å²) in [5, 5.41) is 13.3. The predicted molar refractivity (Wildman–Crippen MR) is 55.7 cm³/mol. The van der Waals surface area contributed by atoms with Crippen molar-refractivity contribution in [1.82, 2.24) is 5.32 Å². The molecule has 0 saturated carbocycles. The summed E-state index contributed by atoms with van der Waals surface area (Å²) in [6.07, 6.45) is 5.94. The number of rotatable bonds is 3. The monoisotopic (exact) mass is 185 g/mol. The Morgan fingerprint density at radius 1 is 1.38 bits per heavy atom. The number of aliphatic hydroxyl groups is 1. The fourth-order valence-corrected chi connectivity index (χ4v) is 2.14. The molecule has 3 unspecified atom stereocenters. The zero-order valence-corrected chi connectivity index (χ0v) is 8.92. The van der Waals surface area contributed by atoms with Gasteiger partial charge in [-0.3, -0.25) is 0 Å². The van der Waals surface area contributed by atoms with Gasteiger partial charge in [-0.25, -0.2) is 0 Å². The van der Waals surface area contributed by atoms with Gasteiger partial charge in [-0.2, -0.15) is 0 Å². The van der Waals surface area contributed by atoms with Gasteiger partial charge in [-0.05, 0) is 31.7 Å². The van der Waals surface area contributed by atoms with E-state index in [2.05, 4.69) is 19.2 Å². The molecular weight excluding hydrogens is 162 g/mol. The summed E-state index contributed by atoms with van der Waals surface area (Å²) in [4.78, 5) is 0. The summed E-state index contributed by atoms with van der Waals surface area (Å²) in [6, 6.07) is 0.539. The second-order valence-corrected chi connectivity index (χ2v) is 4.24. The first-order valence-corrected chi connectivity index (χ1v) is 5.67. The topological polar surface area (TPSA) is 32.3 Å². The minimum atomic E-state index is -0.129. The predicted octanol–water partition coefficient (Wildman–Crippen LogP) is 1.93. The minimum Gasteiger partial charge on any atom is -0.393 e. The number of aliphatic hydroxyl groups excluding tert-OH is 1. The Bertz CT molecular complexity index is 130. The van der Waals surface area contributed by atoms with Gasteiger partial charge in [0, 0.05) is 6.04 Å². The van der Waals surface area contributed by atoms with Crippen molar-refractivity contribution in [3.05, 3.63) is 0 Å². The van der Waals surface area contributed by atoms with Crippen molar-refractivity contribution in [1.29, 1.82) is 0 Å². The van der Waals surface area contributed by atoms with Crippen molar-refractivity contribution in [2.45, 2.75) is 58.1 Å². The second kappa shape index (κ2) is 5.61. The van der Waals surface area contributed by atoms with Crippen LogP contribution in [0.4, 0.5) is 0 Å². The summed E-state index contributed by atoms with van der Waals surface area (Å²) < 4.78 is 0. The Kier molecular flexibility index (Phi) is 4.74. The Labute approximate surface area is 81.7 Å². The molecule has 1 aliphatic rings. The van der Waals surface area contributed by atoms with Crippen LogP contribution < -0.4 is 5.32 Å². The van der Waals surface area contributed by atoms with E-state index in [4.69, 9.17) is 0 Å². The lowest BCUT2D eigenvalue weighted by atomic mass is 9.91. The van der Waals surface area contributed by atoms with E-state index in [1.165, 1.54) is 25.7 Å². The standard InChI is InChI=1S/C11H23NO/c1-3-11(13)9(2)10-7-5-4-6-8-12-10/h9-13H,3-8H2,1-2H3. The molecule has 0 aromatic heterocycles. The summed E-state index contributed by atoms with van der Waals surface area (Å²) in [5.41, 5.74) is 0. The molecule has 3 atom stereocenters. The van der Waals surface area contributed by atoms with E-state index in [9.17, 15) is 5.11 Å². The normalized spacial score (nSPS) is 29.3. The van der Waals surface area contributed by atoms with Crippen molar-refractivity contribution in [2.24, 2.45) is 5.92 Å². The van der Waals surface area contributed by atoms with Crippen molar-refractivity contribution in [3.8, 4) is 0 Å². The molecule has 0 spiro atoms. The van der Waals surface area contributed by atoms with Crippen LogP contribution in [0.15, 0.2) is 0 Å². The molecule has 0 amide bonds. The highest BCUT2D eigenvalue weighted by molar-refractivity contribution is 4.79. The molecule has 0 bridgehead atoms. The third kappa shape index (κ3) is 3.28. The van der Waals surface area contributed by atoms with E-state index in [1.807, 2.05) is 0 Å². The first kappa shape index (κ1) is 11.0. The van der Waals surface area contributed by atoms with Crippen molar-refractivity contribution in [3.63, 3.8) is 0 Å². The first-order chi connectivity index (χ1) is 6.25. The van der Waals surface area contributed by atoms with Crippen LogP contribution >= 0.6 is 0 Å². The summed E-state index contributed by atoms with van der Waals surface area (Å²) >= 11 is 0. The minimum absolute atomic E-state index is 0.129. The van der Waals surface area contributed by atoms with Gasteiger partial charge in [0.1, 0.15) is 0 Å². The van der Waals surface area contributed by atoms with E-state index < -0.39 is 0 Å². The quantitative estimate of drug-likeness (QED) is 0.704. The van der Waals surface area contributed by atoms with Crippen molar-refractivity contribution in [2.75, 3.05) is 6.54 Å². The van der Waals surface area contributed by atoms with Gasteiger partial charge in [-0.15, -0.1) is 0 Å². The van der Waals surface area contributed by atoms with Crippen molar-refractivity contribution >= 4 is 0 Å². The van der Waals surface area contributed by atoms with Gasteiger partial charge in [0.15, 0.2) is 0 Å². The largest absolute Gasteiger partial charge is 0.393 e. The molecule has 0 aromatic rings. The third-order valence-corrected chi connectivity index (χ3v) is 3.26. The molecule has 0 aromatic carbocycles. The fourth-order valence-electron chi connectivity index (χ4n) is 2.14. The second-order valence-electron chi connectivity index (χ2n) is 4.24. The van der Waals surface area contributed by atoms with Crippen LogP contribution in [-0.4, -0.2) is 23.8 Å². The highest BCUT2D eigenvalue weighted by Crippen LogP contribution is 2.19. The van der Waals surface area contributed by atoms with Crippen LogP contribution in [0.5, 0.6) is 0 Å². The van der Waals surface area contributed by atoms with Crippen LogP contribution in [0.2, 0.25) is 0 Å². The zero-order valence-electron chi connectivity index (χ0n) is 8.92. The SMILES string of the molecule is CCC(O)C(C)C1CCCCCN1. The van der Waals surface area contributed by atoms with Crippen LogP contribution in [0.3, 0.4) is 0 Å². The molecule has 13 heavy (non-hydrogen) atoms. The molecule has 2 nitrogen and oxygen atoms in total. The van der Waals surface area contributed by atoms with E-state index in [0.717, 1.165) is 13.0 Å². The maximum Gasteiger partial charge on any atom is 0.0578 e.